The van der Waals surface area contributed by atoms with E-state index in [0.29, 0.717) is 29.8 Å². The van der Waals surface area contributed by atoms with Crippen LogP contribution in [0.2, 0.25) is 0 Å². The van der Waals surface area contributed by atoms with Crippen molar-refractivity contribution in [3.05, 3.63) is 41.6 Å². The van der Waals surface area contributed by atoms with Gasteiger partial charge in [-0.05, 0) is 25.0 Å². The molecule has 8 heteroatoms. The lowest BCUT2D eigenvalue weighted by atomic mass is 10.1. The van der Waals surface area contributed by atoms with E-state index in [1.54, 1.807) is 18.0 Å². The number of nitrogens with zero attached hydrogens (tertiary/aromatic N) is 4. The summed E-state index contributed by atoms with van der Waals surface area (Å²) in [4.78, 5) is 21.8. The van der Waals surface area contributed by atoms with Gasteiger partial charge in [0, 0.05) is 23.9 Å². The van der Waals surface area contributed by atoms with Gasteiger partial charge in [0.05, 0.1) is 18.1 Å². The number of thioether (sulfide) groups is 1. The fourth-order valence-electron chi connectivity index (χ4n) is 2.96. The van der Waals surface area contributed by atoms with Gasteiger partial charge >= 0.3 is 0 Å². The van der Waals surface area contributed by atoms with E-state index < -0.39 is 0 Å². The van der Waals surface area contributed by atoms with Gasteiger partial charge in [0.2, 0.25) is 0 Å². The highest BCUT2D eigenvalue weighted by atomic mass is 32.2. The summed E-state index contributed by atoms with van der Waals surface area (Å²) in [6, 6.07) is 7.57. The Hall–Kier alpha value is -2.61. The van der Waals surface area contributed by atoms with Crippen LogP contribution in [-0.2, 0) is 6.54 Å². The van der Waals surface area contributed by atoms with Crippen molar-refractivity contribution in [3.8, 4) is 0 Å². The average molecular weight is 427 g/mol. The van der Waals surface area contributed by atoms with Gasteiger partial charge in [-0.15, -0.1) is 0 Å². The summed E-state index contributed by atoms with van der Waals surface area (Å²) in [6.07, 6.45) is 1.80. The average Bonchev–Trinajstić information content (AvgIpc) is 3.08. The molecule has 0 aliphatic carbocycles. The molecule has 0 fully saturated rings. The predicted octanol–water partition coefficient (Wildman–Crippen LogP) is 4.13. The largest absolute Gasteiger partial charge is 0.369 e. The van der Waals surface area contributed by atoms with E-state index in [-0.39, 0.29) is 5.91 Å². The topological polar surface area (TPSA) is 84.7 Å². The number of nitrogens with one attached hydrogen (secondary N) is 2. The second-order valence-electron chi connectivity index (χ2n) is 8.03. The summed E-state index contributed by atoms with van der Waals surface area (Å²) in [6.45, 7) is 12.4. The molecule has 0 bridgehead atoms. The second-order valence-corrected chi connectivity index (χ2v) is 9.57. The Balaban J connectivity index is 1.76. The van der Waals surface area contributed by atoms with Gasteiger partial charge in [-0.3, -0.25) is 4.79 Å². The number of anilines is 1. The number of amides is 1. The van der Waals surface area contributed by atoms with Crippen LogP contribution in [-0.4, -0.2) is 44.0 Å². The molecule has 3 rings (SSSR count). The van der Waals surface area contributed by atoms with Crippen LogP contribution in [0.5, 0.6) is 0 Å². The van der Waals surface area contributed by atoms with Crippen LogP contribution in [0.15, 0.2) is 35.6 Å². The van der Waals surface area contributed by atoms with Gasteiger partial charge in [-0.2, -0.15) is 5.10 Å². The Morgan fingerprint density at radius 1 is 1.20 bits per heavy atom. The Morgan fingerprint density at radius 2 is 2.00 bits per heavy atom. The van der Waals surface area contributed by atoms with E-state index in [9.17, 15) is 4.79 Å². The summed E-state index contributed by atoms with van der Waals surface area (Å²) >= 11 is 1.63. The first kappa shape index (κ1) is 22.1. The molecule has 1 aromatic carbocycles. The molecule has 0 aliphatic rings. The van der Waals surface area contributed by atoms with Crippen molar-refractivity contribution >= 4 is 34.5 Å². The summed E-state index contributed by atoms with van der Waals surface area (Å²) in [5.74, 6) is 1.23. The molecule has 7 nitrogen and oxygen atoms in total. The minimum Gasteiger partial charge on any atom is -0.369 e. The molecule has 30 heavy (non-hydrogen) atoms. The van der Waals surface area contributed by atoms with Crippen LogP contribution in [0.25, 0.3) is 11.0 Å². The van der Waals surface area contributed by atoms with Crippen LogP contribution in [0.1, 0.15) is 43.6 Å². The zero-order valence-corrected chi connectivity index (χ0v) is 19.1. The SMILES string of the molecule is Cc1cccc(C(=O)NCCn2ncc3c(NCC(C)C)nc(SC(C)C)nc32)c1. The molecule has 2 aromatic heterocycles. The van der Waals surface area contributed by atoms with E-state index >= 15 is 0 Å². The van der Waals surface area contributed by atoms with Crippen LogP contribution in [0.4, 0.5) is 5.82 Å². The maximum atomic E-state index is 12.4. The number of rotatable bonds is 9. The molecule has 1 amide bonds. The molecule has 2 heterocycles. The lowest BCUT2D eigenvalue weighted by Gasteiger charge is -2.12. The number of carbonyl (C=O) groups excluding carboxylic acids is 1. The third-order valence-corrected chi connectivity index (χ3v) is 5.25. The smallest absolute Gasteiger partial charge is 0.251 e. The Morgan fingerprint density at radius 3 is 2.70 bits per heavy atom. The Kier molecular flexibility index (Phi) is 7.31. The molecule has 2 N–H and O–H groups in total. The van der Waals surface area contributed by atoms with Crippen molar-refractivity contribution in [2.75, 3.05) is 18.4 Å². The lowest BCUT2D eigenvalue weighted by Crippen LogP contribution is -2.27. The van der Waals surface area contributed by atoms with Crippen LogP contribution in [0, 0.1) is 12.8 Å². The lowest BCUT2D eigenvalue weighted by molar-refractivity contribution is 0.0952. The second kappa shape index (κ2) is 9.93. The van der Waals surface area contributed by atoms with Crippen molar-refractivity contribution < 1.29 is 4.79 Å². The van der Waals surface area contributed by atoms with Crippen molar-refractivity contribution in [2.45, 2.75) is 51.6 Å². The first-order chi connectivity index (χ1) is 14.3. The molecule has 0 saturated carbocycles. The minimum atomic E-state index is -0.0832. The van der Waals surface area contributed by atoms with Crippen molar-refractivity contribution in [1.29, 1.82) is 0 Å². The Bertz CT molecular complexity index is 1010. The number of aromatic nitrogens is 4. The fourth-order valence-corrected chi connectivity index (χ4v) is 3.67. The zero-order valence-electron chi connectivity index (χ0n) is 18.3. The molecule has 0 unspecified atom stereocenters. The number of aryl methyl sites for hydroxylation is 1. The van der Waals surface area contributed by atoms with Crippen LogP contribution in [0.3, 0.4) is 0 Å². The van der Waals surface area contributed by atoms with Crippen LogP contribution >= 0.6 is 11.8 Å². The minimum absolute atomic E-state index is 0.0832. The number of carbonyl (C=O) groups is 1. The van der Waals surface area contributed by atoms with E-state index in [1.165, 1.54) is 0 Å². The molecule has 160 valence electrons. The standard InChI is InChI=1S/C22H30N6OS/c1-14(2)12-24-19-18-13-25-28(20(18)27-22(26-19)30-15(3)4)10-9-23-21(29)17-8-6-7-16(5)11-17/h6-8,11,13-15H,9-10,12H2,1-5H3,(H,23,29)(H,24,26,27). The fraction of sp³-hybridized carbons (Fsp3) is 0.455. The maximum Gasteiger partial charge on any atom is 0.251 e. The monoisotopic (exact) mass is 426 g/mol. The van der Waals surface area contributed by atoms with Gasteiger partial charge in [0.1, 0.15) is 5.82 Å². The van der Waals surface area contributed by atoms with E-state index in [1.807, 2.05) is 35.9 Å². The summed E-state index contributed by atoms with van der Waals surface area (Å²) in [5.41, 5.74) is 2.51. The number of hydrogen-bond acceptors (Lipinski definition) is 6. The molecular formula is C22H30N6OS. The normalized spacial score (nSPS) is 11.4. The maximum absolute atomic E-state index is 12.4. The van der Waals surface area contributed by atoms with E-state index in [0.717, 1.165) is 34.1 Å². The van der Waals surface area contributed by atoms with Crippen LogP contribution < -0.4 is 10.6 Å². The zero-order chi connectivity index (χ0) is 21.7. The third kappa shape index (κ3) is 5.72. The van der Waals surface area contributed by atoms with E-state index in [2.05, 4.69) is 43.4 Å². The predicted molar refractivity (Wildman–Crippen MR) is 123 cm³/mol. The highest BCUT2D eigenvalue weighted by Gasteiger charge is 2.15. The number of benzene rings is 1. The Labute approximate surface area is 182 Å². The summed E-state index contributed by atoms with van der Waals surface area (Å²) in [7, 11) is 0. The third-order valence-electron chi connectivity index (χ3n) is 4.38. The van der Waals surface area contributed by atoms with Gasteiger partial charge in [-0.25, -0.2) is 14.6 Å². The first-order valence-corrected chi connectivity index (χ1v) is 11.2. The molecule has 0 aliphatic heterocycles. The summed E-state index contributed by atoms with van der Waals surface area (Å²) in [5, 5.41) is 12.9. The number of fused-ring (bicyclic) bond motifs is 1. The quantitative estimate of drug-likeness (QED) is 0.395. The van der Waals surface area contributed by atoms with Gasteiger partial charge in [0.15, 0.2) is 10.8 Å². The van der Waals surface area contributed by atoms with Crippen molar-refractivity contribution in [3.63, 3.8) is 0 Å². The molecular weight excluding hydrogens is 396 g/mol. The van der Waals surface area contributed by atoms with Gasteiger partial charge in [-0.1, -0.05) is 57.2 Å². The van der Waals surface area contributed by atoms with Crippen molar-refractivity contribution in [2.24, 2.45) is 5.92 Å². The van der Waals surface area contributed by atoms with E-state index in [4.69, 9.17) is 9.97 Å². The molecule has 0 radical (unpaired) electrons. The van der Waals surface area contributed by atoms with Gasteiger partial charge in [0.25, 0.3) is 5.91 Å². The summed E-state index contributed by atoms with van der Waals surface area (Å²) < 4.78 is 1.83. The first-order valence-electron chi connectivity index (χ1n) is 10.3. The highest BCUT2D eigenvalue weighted by molar-refractivity contribution is 7.99. The highest BCUT2D eigenvalue weighted by Crippen LogP contribution is 2.26. The molecule has 3 aromatic rings. The number of hydrogen-bond donors (Lipinski definition) is 2. The van der Waals surface area contributed by atoms with Crippen molar-refractivity contribution in [1.82, 2.24) is 25.1 Å². The van der Waals surface area contributed by atoms with Gasteiger partial charge < -0.3 is 10.6 Å². The molecule has 0 atom stereocenters. The molecule has 0 saturated heterocycles. The molecule has 0 spiro atoms.